The highest BCUT2D eigenvalue weighted by molar-refractivity contribution is 5.93. The van der Waals surface area contributed by atoms with Crippen LogP contribution in [0.2, 0.25) is 0 Å². The van der Waals surface area contributed by atoms with Gasteiger partial charge in [-0.2, -0.15) is 0 Å². The van der Waals surface area contributed by atoms with Crippen LogP contribution in [0, 0.1) is 11.8 Å². The van der Waals surface area contributed by atoms with Gasteiger partial charge in [0.05, 0.1) is 0 Å². The molecule has 1 saturated carbocycles. The lowest BCUT2D eigenvalue weighted by molar-refractivity contribution is -0.137. The number of rotatable bonds is 6. The third kappa shape index (κ3) is 5.59. The standard InChI is InChI=1S/C24H31N3O2/c1-26(2)22-15-13-21(14-16-22)25-23(28)19-9-11-20(12-10-19)24(29)27(3)17-18-7-5-4-6-8-18/h4-8,13-16,19-20H,9-12,17H2,1-3H3,(H,25,28). The summed E-state index contributed by atoms with van der Waals surface area (Å²) >= 11 is 0. The average Bonchev–Trinajstić information content (AvgIpc) is 2.74. The first-order valence-corrected chi connectivity index (χ1v) is 10.3. The van der Waals surface area contributed by atoms with Crippen molar-refractivity contribution in [2.45, 2.75) is 32.2 Å². The lowest BCUT2D eigenvalue weighted by Gasteiger charge is -2.30. The largest absolute Gasteiger partial charge is 0.378 e. The first-order valence-electron chi connectivity index (χ1n) is 10.3. The Morgan fingerprint density at radius 1 is 0.862 bits per heavy atom. The van der Waals surface area contributed by atoms with E-state index >= 15 is 0 Å². The summed E-state index contributed by atoms with van der Waals surface area (Å²) in [5.41, 5.74) is 3.06. The van der Waals surface area contributed by atoms with Crippen LogP contribution in [-0.4, -0.2) is 37.9 Å². The zero-order valence-corrected chi connectivity index (χ0v) is 17.6. The number of nitrogens with zero attached hydrogens (tertiary/aromatic N) is 2. The van der Waals surface area contributed by atoms with Crippen molar-refractivity contribution in [3.63, 3.8) is 0 Å². The van der Waals surface area contributed by atoms with Crippen LogP contribution >= 0.6 is 0 Å². The molecule has 5 heteroatoms. The number of amides is 2. The molecular weight excluding hydrogens is 362 g/mol. The molecular formula is C24H31N3O2. The van der Waals surface area contributed by atoms with E-state index in [9.17, 15) is 9.59 Å². The van der Waals surface area contributed by atoms with E-state index < -0.39 is 0 Å². The van der Waals surface area contributed by atoms with E-state index in [0.717, 1.165) is 42.6 Å². The van der Waals surface area contributed by atoms with Crippen molar-refractivity contribution in [2.75, 3.05) is 31.4 Å². The summed E-state index contributed by atoms with van der Waals surface area (Å²) in [6.45, 7) is 0.628. The Kier molecular flexibility index (Phi) is 6.91. The van der Waals surface area contributed by atoms with E-state index in [1.54, 1.807) is 0 Å². The van der Waals surface area contributed by atoms with E-state index in [-0.39, 0.29) is 23.7 Å². The maximum Gasteiger partial charge on any atom is 0.227 e. The van der Waals surface area contributed by atoms with Crippen molar-refractivity contribution in [3.05, 3.63) is 60.2 Å². The number of hydrogen-bond donors (Lipinski definition) is 1. The molecule has 0 heterocycles. The lowest BCUT2D eigenvalue weighted by Crippen LogP contribution is -2.36. The highest BCUT2D eigenvalue weighted by Crippen LogP contribution is 2.31. The predicted molar refractivity (Wildman–Crippen MR) is 118 cm³/mol. The van der Waals surface area contributed by atoms with Crippen molar-refractivity contribution in [3.8, 4) is 0 Å². The van der Waals surface area contributed by atoms with Gasteiger partial charge in [0.2, 0.25) is 11.8 Å². The molecule has 2 aromatic carbocycles. The minimum absolute atomic E-state index is 0.0205. The predicted octanol–water partition coefficient (Wildman–Crippen LogP) is 4.16. The molecule has 0 aromatic heterocycles. The molecule has 2 amide bonds. The maximum atomic E-state index is 12.8. The fraction of sp³-hybridized carbons (Fsp3) is 0.417. The summed E-state index contributed by atoms with van der Waals surface area (Å²) < 4.78 is 0. The SMILES string of the molecule is CN(Cc1ccccc1)C(=O)C1CCC(C(=O)Nc2ccc(N(C)C)cc2)CC1. The second-order valence-corrected chi connectivity index (χ2v) is 8.16. The molecule has 0 aliphatic heterocycles. The summed E-state index contributed by atoms with van der Waals surface area (Å²) in [5.74, 6) is 0.247. The molecule has 0 radical (unpaired) electrons. The molecule has 3 rings (SSSR count). The van der Waals surface area contributed by atoms with Crippen LogP contribution < -0.4 is 10.2 Å². The normalized spacial score (nSPS) is 18.7. The van der Waals surface area contributed by atoms with Gasteiger partial charge < -0.3 is 15.1 Å². The lowest BCUT2D eigenvalue weighted by atomic mass is 9.81. The van der Waals surface area contributed by atoms with Crippen molar-refractivity contribution in [2.24, 2.45) is 11.8 Å². The molecule has 5 nitrogen and oxygen atoms in total. The minimum atomic E-state index is -0.0213. The zero-order valence-electron chi connectivity index (χ0n) is 17.6. The Balaban J connectivity index is 1.47. The second kappa shape index (κ2) is 9.59. The first-order chi connectivity index (χ1) is 13.9. The molecule has 29 heavy (non-hydrogen) atoms. The van der Waals surface area contributed by atoms with Crippen molar-refractivity contribution in [1.82, 2.24) is 4.90 Å². The molecule has 0 unspecified atom stereocenters. The molecule has 1 N–H and O–H groups in total. The van der Waals surface area contributed by atoms with Crippen LogP contribution in [0.15, 0.2) is 54.6 Å². The van der Waals surface area contributed by atoms with Crippen LogP contribution in [0.4, 0.5) is 11.4 Å². The van der Waals surface area contributed by atoms with E-state index in [1.807, 2.05) is 85.5 Å². The Hall–Kier alpha value is -2.82. The van der Waals surface area contributed by atoms with Gasteiger partial charge >= 0.3 is 0 Å². The monoisotopic (exact) mass is 393 g/mol. The van der Waals surface area contributed by atoms with Crippen LogP contribution in [0.5, 0.6) is 0 Å². The molecule has 154 valence electrons. The van der Waals surface area contributed by atoms with Gasteiger partial charge in [0.15, 0.2) is 0 Å². The fourth-order valence-corrected chi connectivity index (χ4v) is 3.94. The van der Waals surface area contributed by atoms with Gasteiger partial charge in [0.1, 0.15) is 0 Å². The van der Waals surface area contributed by atoms with Gasteiger partial charge in [-0.25, -0.2) is 0 Å². The molecule has 1 aliphatic rings. The summed E-state index contributed by atoms with van der Waals surface area (Å²) in [6, 6.07) is 17.9. The number of nitrogens with one attached hydrogen (secondary N) is 1. The second-order valence-electron chi connectivity index (χ2n) is 8.16. The average molecular weight is 394 g/mol. The molecule has 1 fully saturated rings. The molecule has 0 saturated heterocycles. The highest BCUT2D eigenvalue weighted by atomic mass is 16.2. The van der Waals surface area contributed by atoms with Crippen molar-refractivity contribution >= 4 is 23.2 Å². The highest BCUT2D eigenvalue weighted by Gasteiger charge is 2.31. The molecule has 1 aliphatic carbocycles. The number of carbonyl (C=O) groups excluding carboxylic acids is 2. The van der Waals surface area contributed by atoms with E-state index in [4.69, 9.17) is 0 Å². The smallest absolute Gasteiger partial charge is 0.227 e. The van der Waals surface area contributed by atoms with E-state index in [2.05, 4.69) is 5.32 Å². The van der Waals surface area contributed by atoms with Gasteiger partial charge in [0.25, 0.3) is 0 Å². The van der Waals surface area contributed by atoms with Crippen molar-refractivity contribution < 1.29 is 9.59 Å². The van der Waals surface area contributed by atoms with Crippen LogP contribution in [0.1, 0.15) is 31.2 Å². The summed E-state index contributed by atoms with van der Waals surface area (Å²) in [6.07, 6.45) is 3.07. The van der Waals surface area contributed by atoms with Crippen molar-refractivity contribution in [1.29, 1.82) is 0 Å². The quantitative estimate of drug-likeness (QED) is 0.802. The molecule has 0 spiro atoms. The minimum Gasteiger partial charge on any atom is -0.378 e. The Morgan fingerprint density at radius 3 is 2.03 bits per heavy atom. The van der Waals surface area contributed by atoms with Crippen LogP contribution in [-0.2, 0) is 16.1 Å². The molecule has 0 bridgehead atoms. The van der Waals surface area contributed by atoms with Gasteiger partial charge in [-0.1, -0.05) is 30.3 Å². The maximum absolute atomic E-state index is 12.8. The molecule has 0 atom stereocenters. The third-order valence-corrected chi connectivity index (χ3v) is 5.74. The summed E-state index contributed by atoms with van der Waals surface area (Å²) in [5, 5.41) is 3.02. The number of anilines is 2. The van der Waals surface area contributed by atoms with Crippen LogP contribution in [0.25, 0.3) is 0 Å². The third-order valence-electron chi connectivity index (χ3n) is 5.74. The number of carbonyl (C=O) groups is 2. The van der Waals surface area contributed by atoms with E-state index in [0.29, 0.717) is 6.54 Å². The van der Waals surface area contributed by atoms with Gasteiger partial charge in [-0.05, 0) is 55.5 Å². The zero-order chi connectivity index (χ0) is 20.8. The van der Waals surface area contributed by atoms with Crippen LogP contribution in [0.3, 0.4) is 0 Å². The van der Waals surface area contributed by atoms with Gasteiger partial charge in [-0.15, -0.1) is 0 Å². The molecule has 2 aromatic rings. The number of benzene rings is 2. The Bertz CT molecular complexity index is 810. The Morgan fingerprint density at radius 2 is 1.45 bits per heavy atom. The number of hydrogen-bond acceptors (Lipinski definition) is 3. The topological polar surface area (TPSA) is 52.7 Å². The summed E-state index contributed by atoms with van der Waals surface area (Å²) in [7, 11) is 5.85. The van der Waals surface area contributed by atoms with E-state index in [1.165, 1.54) is 0 Å². The van der Waals surface area contributed by atoms with Gasteiger partial charge in [0, 0.05) is 50.9 Å². The van der Waals surface area contributed by atoms with Gasteiger partial charge in [-0.3, -0.25) is 9.59 Å². The Labute approximate surface area is 173 Å². The summed E-state index contributed by atoms with van der Waals surface area (Å²) in [4.78, 5) is 29.2. The first kappa shape index (κ1) is 20.9. The fourth-order valence-electron chi connectivity index (χ4n) is 3.94.